The van der Waals surface area contributed by atoms with Gasteiger partial charge in [-0.25, -0.2) is 8.42 Å². The lowest BCUT2D eigenvalue weighted by Gasteiger charge is -2.36. The van der Waals surface area contributed by atoms with E-state index in [1.54, 1.807) is 10.9 Å². The van der Waals surface area contributed by atoms with E-state index < -0.39 is 10.0 Å². The number of sulfonamides is 1. The number of nitrogen functional groups attached to an aromatic ring is 1. The van der Waals surface area contributed by atoms with Crippen molar-refractivity contribution in [2.45, 2.75) is 44.7 Å². The molecule has 7 nitrogen and oxygen atoms in total. The molecule has 1 aliphatic rings. The molecule has 8 heteroatoms. The molecule has 2 N–H and O–H groups in total. The summed E-state index contributed by atoms with van der Waals surface area (Å²) in [5.41, 5.74) is 5.79. The van der Waals surface area contributed by atoms with E-state index in [9.17, 15) is 8.42 Å². The van der Waals surface area contributed by atoms with Crippen LogP contribution >= 0.6 is 0 Å². The molecule has 0 aliphatic carbocycles. The van der Waals surface area contributed by atoms with Gasteiger partial charge < -0.3 is 5.73 Å². The first kappa shape index (κ1) is 16.3. The lowest BCUT2D eigenvalue weighted by molar-refractivity contribution is 0.154. The first-order valence-corrected chi connectivity index (χ1v) is 8.87. The normalized spacial score (nSPS) is 18.5. The lowest BCUT2D eigenvalue weighted by atomic mass is 10.3. The third-order valence-electron chi connectivity index (χ3n) is 3.83. The highest BCUT2D eigenvalue weighted by molar-refractivity contribution is 7.89. The Morgan fingerprint density at radius 1 is 1.29 bits per heavy atom. The molecule has 2 rings (SSSR count). The summed E-state index contributed by atoms with van der Waals surface area (Å²) in [4.78, 5) is 2.41. The monoisotopic (exact) mass is 315 g/mol. The van der Waals surface area contributed by atoms with Gasteiger partial charge in [-0.15, -0.1) is 0 Å². The molecule has 0 radical (unpaired) electrons. The SMILES string of the molecule is CCCn1cc(S(=O)(=O)N2CCN(C(C)C)CC2)c(N)n1. The Hall–Kier alpha value is -1.12. The first-order chi connectivity index (χ1) is 9.86. The summed E-state index contributed by atoms with van der Waals surface area (Å²) in [6, 6.07) is 0.437. The Morgan fingerprint density at radius 3 is 2.43 bits per heavy atom. The van der Waals surface area contributed by atoms with Crippen molar-refractivity contribution in [1.29, 1.82) is 0 Å². The number of nitrogens with zero attached hydrogens (tertiary/aromatic N) is 4. The Labute approximate surface area is 126 Å². The van der Waals surface area contributed by atoms with Crippen molar-refractivity contribution < 1.29 is 8.42 Å². The van der Waals surface area contributed by atoms with Crippen LogP contribution in [0.4, 0.5) is 5.82 Å². The van der Waals surface area contributed by atoms with Gasteiger partial charge in [0.2, 0.25) is 10.0 Å². The van der Waals surface area contributed by atoms with E-state index in [0.29, 0.717) is 25.7 Å². The fourth-order valence-electron chi connectivity index (χ4n) is 2.56. The molecule has 21 heavy (non-hydrogen) atoms. The Balaban J connectivity index is 2.15. The summed E-state index contributed by atoms with van der Waals surface area (Å²) in [7, 11) is -3.54. The van der Waals surface area contributed by atoms with Gasteiger partial charge in [-0.2, -0.15) is 9.40 Å². The molecule has 2 heterocycles. The fraction of sp³-hybridized carbons (Fsp3) is 0.769. The predicted octanol–water partition coefficient (Wildman–Crippen LogP) is 0.590. The number of aryl methyl sites for hydroxylation is 1. The van der Waals surface area contributed by atoms with Gasteiger partial charge in [-0.1, -0.05) is 6.92 Å². The molecule has 0 spiro atoms. The minimum atomic E-state index is -3.54. The number of anilines is 1. The van der Waals surface area contributed by atoms with Crippen LogP contribution in [0.5, 0.6) is 0 Å². The second-order valence-electron chi connectivity index (χ2n) is 5.68. The third kappa shape index (κ3) is 3.38. The number of rotatable bonds is 5. The van der Waals surface area contributed by atoms with E-state index in [0.717, 1.165) is 19.5 Å². The molecule has 1 aliphatic heterocycles. The second-order valence-corrected chi connectivity index (χ2v) is 7.58. The van der Waals surface area contributed by atoms with Gasteiger partial charge in [0.05, 0.1) is 0 Å². The molecule has 120 valence electrons. The summed E-state index contributed by atoms with van der Waals surface area (Å²) in [5.74, 6) is 0.0924. The molecule has 1 aromatic heterocycles. The average molecular weight is 315 g/mol. The van der Waals surface area contributed by atoms with Crippen molar-refractivity contribution in [1.82, 2.24) is 19.0 Å². The molecular formula is C13H25N5O2S. The van der Waals surface area contributed by atoms with E-state index in [1.807, 2.05) is 6.92 Å². The molecule has 0 atom stereocenters. The van der Waals surface area contributed by atoms with Crippen molar-refractivity contribution in [2.75, 3.05) is 31.9 Å². The smallest absolute Gasteiger partial charge is 0.248 e. The van der Waals surface area contributed by atoms with Crippen molar-refractivity contribution in [3.05, 3.63) is 6.20 Å². The molecular weight excluding hydrogens is 290 g/mol. The van der Waals surface area contributed by atoms with Crippen LogP contribution in [0.2, 0.25) is 0 Å². The summed E-state index contributed by atoms with van der Waals surface area (Å²) >= 11 is 0. The Morgan fingerprint density at radius 2 is 1.90 bits per heavy atom. The number of piperazine rings is 1. The zero-order valence-electron chi connectivity index (χ0n) is 13.0. The number of hydrogen-bond donors (Lipinski definition) is 1. The fourth-order valence-corrected chi connectivity index (χ4v) is 4.04. The summed E-state index contributed by atoms with van der Waals surface area (Å²) in [5, 5.41) is 4.08. The number of aromatic nitrogens is 2. The van der Waals surface area contributed by atoms with Gasteiger partial charge in [-0.3, -0.25) is 9.58 Å². The van der Waals surface area contributed by atoms with Crippen LogP contribution in [0.1, 0.15) is 27.2 Å². The third-order valence-corrected chi connectivity index (χ3v) is 5.74. The molecule has 1 aromatic rings. The van der Waals surface area contributed by atoms with Crippen LogP contribution in [0, 0.1) is 0 Å². The maximum atomic E-state index is 12.7. The van der Waals surface area contributed by atoms with Crippen LogP contribution in [0.3, 0.4) is 0 Å². The van der Waals surface area contributed by atoms with Crippen LogP contribution in [-0.4, -0.2) is 59.6 Å². The van der Waals surface area contributed by atoms with Gasteiger partial charge in [0.15, 0.2) is 5.82 Å². The highest BCUT2D eigenvalue weighted by Crippen LogP contribution is 2.22. The highest BCUT2D eigenvalue weighted by Gasteiger charge is 2.32. The second kappa shape index (κ2) is 6.33. The molecule has 1 saturated heterocycles. The minimum absolute atomic E-state index is 0.0924. The predicted molar refractivity (Wildman–Crippen MR) is 82.4 cm³/mol. The Bertz CT molecular complexity index is 573. The summed E-state index contributed by atoms with van der Waals surface area (Å²) in [6.07, 6.45) is 2.43. The van der Waals surface area contributed by atoms with Crippen molar-refractivity contribution in [3.8, 4) is 0 Å². The van der Waals surface area contributed by atoms with Gasteiger partial charge in [0.1, 0.15) is 4.90 Å². The van der Waals surface area contributed by atoms with Gasteiger partial charge >= 0.3 is 0 Å². The van der Waals surface area contributed by atoms with Crippen LogP contribution in [-0.2, 0) is 16.6 Å². The molecule has 0 bridgehead atoms. The van der Waals surface area contributed by atoms with Crippen LogP contribution in [0.25, 0.3) is 0 Å². The van der Waals surface area contributed by atoms with E-state index >= 15 is 0 Å². The minimum Gasteiger partial charge on any atom is -0.381 e. The zero-order chi connectivity index (χ0) is 15.6. The summed E-state index contributed by atoms with van der Waals surface area (Å²) in [6.45, 7) is 9.42. The molecule has 0 aromatic carbocycles. The summed E-state index contributed by atoms with van der Waals surface area (Å²) < 4.78 is 28.5. The Kier molecular flexibility index (Phi) is 4.90. The van der Waals surface area contributed by atoms with E-state index in [4.69, 9.17) is 5.73 Å². The van der Waals surface area contributed by atoms with E-state index in [1.165, 1.54) is 4.31 Å². The van der Waals surface area contributed by atoms with E-state index in [-0.39, 0.29) is 10.7 Å². The molecule has 0 unspecified atom stereocenters. The number of hydrogen-bond acceptors (Lipinski definition) is 5. The first-order valence-electron chi connectivity index (χ1n) is 7.43. The molecule has 0 amide bonds. The average Bonchev–Trinajstić information content (AvgIpc) is 2.81. The van der Waals surface area contributed by atoms with Crippen LogP contribution in [0.15, 0.2) is 11.1 Å². The van der Waals surface area contributed by atoms with Crippen molar-refractivity contribution in [2.24, 2.45) is 0 Å². The maximum absolute atomic E-state index is 12.7. The topological polar surface area (TPSA) is 84.5 Å². The van der Waals surface area contributed by atoms with E-state index in [2.05, 4.69) is 23.8 Å². The largest absolute Gasteiger partial charge is 0.381 e. The molecule has 1 fully saturated rings. The highest BCUT2D eigenvalue weighted by atomic mass is 32.2. The van der Waals surface area contributed by atoms with Gasteiger partial charge in [-0.05, 0) is 20.3 Å². The zero-order valence-corrected chi connectivity index (χ0v) is 13.8. The molecule has 0 saturated carbocycles. The van der Waals surface area contributed by atoms with Crippen molar-refractivity contribution in [3.63, 3.8) is 0 Å². The van der Waals surface area contributed by atoms with Gasteiger partial charge in [0.25, 0.3) is 0 Å². The van der Waals surface area contributed by atoms with Crippen molar-refractivity contribution >= 4 is 15.8 Å². The van der Waals surface area contributed by atoms with Gasteiger partial charge in [0, 0.05) is 45.0 Å². The van der Waals surface area contributed by atoms with Crippen LogP contribution < -0.4 is 5.73 Å². The lowest BCUT2D eigenvalue weighted by Crippen LogP contribution is -2.50. The standard InChI is InChI=1S/C13H25N5O2S/c1-4-5-17-10-12(13(14)15-17)21(19,20)18-8-6-16(7-9-18)11(2)3/h10-11H,4-9H2,1-3H3,(H2,14,15). The maximum Gasteiger partial charge on any atom is 0.248 e. The number of nitrogens with two attached hydrogens (primary N) is 1. The quantitative estimate of drug-likeness (QED) is 0.859.